The molecule has 2 aromatic rings. The predicted molar refractivity (Wildman–Crippen MR) is 118 cm³/mol. The number of carbonyl (C=O) groups excluding carboxylic acids is 2. The molecule has 2 bridgehead atoms. The molecule has 164 valence electrons. The Morgan fingerprint density at radius 3 is 2.29 bits per heavy atom. The molecule has 3 aliphatic rings. The summed E-state index contributed by atoms with van der Waals surface area (Å²) in [6, 6.07) is 3.48. The van der Waals surface area contributed by atoms with Crippen molar-refractivity contribution in [2.45, 2.75) is 50.9 Å². The van der Waals surface area contributed by atoms with Crippen LogP contribution < -0.4 is 0 Å². The quantitative estimate of drug-likeness (QED) is 0.615. The van der Waals surface area contributed by atoms with E-state index in [0.717, 1.165) is 24.2 Å². The van der Waals surface area contributed by atoms with Crippen LogP contribution in [0.4, 0.5) is 0 Å². The van der Waals surface area contributed by atoms with Crippen LogP contribution in [-0.4, -0.2) is 46.9 Å². The molecule has 1 saturated carbocycles. The number of hydrogen-bond acceptors (Lipinski definition) is 5. The number of hydrogen-bond donors (Lipinski definition) is 0. The van der Waals surface area contributed by atoms with Gasteiger partial charge in [-0.2, -0.15) is 0 Å². The summed E-state index contributed by atoms with van der Waals surface area (Å²) < 4.78 is 4.89. The van der Waals surface area contributed by atoms with E-state index < -0.39 is 5.41 Å². The van der Waals surface area contributed by atoms with Gasteiger partial charge in [-0.15, -0.1) is 0 Å². The van der Waals surface area contributed by atoms with Gasteiger partial charge in [0.05, 0.1) is 50.9 Å². The second-order valence-corrected chi connectivity index (χ2v) is 10.3. The molecule has 8 heteroatoms. The zero-order valence-corrected chi connectivity index (χ0v) is 19.4. The van der Waals surface area contributed by atoms with Gasteiger partial charge in [-0.3, -0.25) is 9.59 Å². The summed E-state index contributed by atoms with van der Waals surface area (Å²) in [5, 5.41) is 0.876. The maximum absolute atomic E-state index is 14.1. The number of halogens is 2. The largest absolute Gasteiger partial charge is 0.469 e. The molecular weight excluding hydrogens is 437 g/mol. The average molecular weight is 462 g/mol. The lowest BCUT2D eigenvalue weighted by atomic mass is 9.67. The average Bonchev–Trinajstić information content (AvgIpc) is 3.13. The minimum atomic E-state index is -0.710. The van der Waals surface area contributed by atoms with E-state index in [-0.39, 0.29) is 29.1 Å². The van der Waals surface area contributed by atoms with Crippen molar-refractivity contribution in [3.8, 4) is 0 Å². The highest BCUT2D eigenvalue weighted by Crippen LogP contribution is 2.67. The van der Waals surface area contributed by atoms with Crippen LogP contribution in [0.25, 0.3) is 11.0 Å². The summed E-state index contributed by atoms with van der Waals surface area (Å²) in [4.78, 5) is 37.7. The molecule has 2 unspecified atom stereocenters. The fourth-order valence-corrected chi connectivity index (χ4v) is 6.42. The van der Waals surface area contributed by atoms with E-state index in [1.54, 1.807) is 12.1 Å². The first-order chi connectivity index (χ1) is 14.7. The number of methoxy groups -OCH3 is 1. The Morgan fingerprint density at radius 2 is 1.68 bits per heavy atom. The zero-order chi connectivity index (χ0) is 22.1. The topological polar surface area (TPSA) is 72.4 Å². The van der Waals surface area contributed by atoms with Crippen molar-refractivity contribution in [2.75, 3.05) is 20.2 Å². The van der Waals surface area contributed by atoms with Crippen molar-refractivity contribution < 1.29 is 14.3 Å². The van der Waals surface area contributed by atoms with E-state index >= 15 is 0 Å². The molecular formula is C23H25Cl2N3O3. The Kier molecular flexibility index (Phi) is 4.76. The molecule has 2 aliphatic carbocycles. The number of rotatable bonds is 2. The molecule has 1 aromatic carbocycles. The third-order valence-corrected chi connectivity index (χ3v) is 8.65. The van der Waals surface area contributed by atoms with Gasteiger partial charge >= 0.3 is 5.97 Å². The molecule has 2 atom stereocenters. The summed E-state index contributed by atoms with van der Waals surface area (Å²) in [6.07, 6.45) is 2.92. The number of fused-ring (bicyclic) bond motifs is 6. The third kappa shape index (κ3) is 2.77. The molecule has 6 nitrogen and oxygen atoms in total. The summed E-state index contributed by atoms with van der Waals surface area (Å²) in [6.45, 7) is 5.44. The smallest absolute Gasteiger partial charge is 0.308 e. The minimum absolute atomic E-state index is 0.107. The fraction of sp³-hybridized carbons (Fsp3) is 0.565. The van der Waals surface area contributed by atoms with Gasteiger partial charge in [-0.1, -0.05) is 37.0 Å². The Morgan fingerprint density at radius 1 is 1.06 bits per heavy atom. The second kappa shape index (κ2) is 7.04. The molecule has 5 rings (SSSR count). The van der Waals surface area contributed by atoms with E-state index in [2.05, 4.69) is 13.8 Å². The van der Waals surface area contributed by atoms with Gasteiger partial charge in [-0.05, 0) is 43.2 Å². The van der Waals surface area contributed by atoms with Crippen LogP contribution in [0.15, 0.2) is 12.1 Å². The number of aromatic nitrogens is 2. The fourth-order valence-electron chi connectivity index (χ4n) is 6.10. The number of piperidine rings is 1. The number of carbonyl (C=O) groups is 2. The van der Waals surface area contributed by atoms with Crippen molar-refractivity contribution in [1.29, 1.82) is 0 Å². The van der Waals surface area contributed by atoms with Crippen LogP contribution in [0.2, 0.25) is 10.0 Å². The van der Waals surface area contributed by atoms with Crippen LogP contribution in [0, 0.1) is 11.3 Å². The molecule has 1 aliphatic heterocycles. The van der Waals surface area contributed by atoms with Crippen molar-refractivity contribution >= 4 is 46.1 Å². The van der Waals surface area contributed by atoms with Crippen LogP contribution >= 0.6 is 23.2 Å². The van der Waals surface area contributed by atoms with Crippen molar-refractivity contribution in [3.63, 3.8) is 0 Å². The molecule has 2 fully saturated rings. The van der Waals surface area contributed by atoms with Crippen molar-refractivity contribution in [2.24, 2.45) is 11.3 Å². The molecule has 0 radical (unpaired) electrons. The first kappa shape index (κ1) is 21.0. The molecule has 0 spiro atoms. The highest BCUT2D eigenvalue weighted by Gasteiger charge is 2.68. The molecule has 1 aromatic heterocycles. The summed E-state index contributed by atoms with van der Waals surface area (Å²) >= 11 is 12.4. The molecule has 1 amide bonds. The summed E-state index contributed by atoms with van der Waals surface area (Å²) in [5.41, 5.74) is 2.07. The van der Waals surface area contributed by atoms with Gasteiger partial charge in [-0.25, -0.2) is 9.97 Å². The van der Waals surface area contributed by atoms with E-state index in [0.29, 0.717) is 47.0 Å². The Labute approximate surface area is 191 Å². The van der Waals surface area contributed by atoms with Crippen LogP contribution in [0.3, 0.4) is 0 Å². The summed E-state index contributed by atoms with van der Waals surface area (Å²) in [7, 11) is 1.41. The number of nitrogens with zero attached hydrogens (tertiary/aromatic N) is 3. The molecule has 2 heterocycles. The highest BCUT2D eigenvalue weighted by molar-refractivity contribution is 6.42. The highest BCUT2D eigenvalue weighted by atomic mass is 35.5. The third-order valence-electron chi connectivity index (χ3n) is 7.93. The molecule has 1 saturated heterocycles. The van der Waals surface area contributed by atoms with Crippen molar-refractivity contribution in [3.05, 3.63) is 33.6 Å². The molecule has 0 N–H and O–H groups in total. The van der Waals surface area contributed by atoms with Gasteiger partial charge in [0.1, 0.15) is 0 Å². The maximum Gasteiger partial charge on any atom is 0.308 e. The van der Waals surface area contributed by atoms with E-state index in [1.165, 1.54) is 7.11 Å². The van der Waals surface area contributed by atoms with Crippen LogP contribution in [-0.2, 0) is 19.7 Å². The number of benzene rings is 1. The lowest BCUT2D eigenvalue weighted by Gasteiger charge is -2.42. The van der Waals surface area contributed by atoms with Gasteiger partial charge in [0.25, 0.3) is 0 Å². The zero-order valence-electron chi connectivity index (χ0n) is 17.9. The molecule has 31 heavy (non-hydrogen) atoms. The van der Waals surface area contributed by atoms with Gasteiger partial charge < -0.3 is 9.64 Å². The SMILES string of the molecule is COC(=O)C1CCN(C(=O)C23CCC(c4nc5cc(Cl)c(Cl)cc5nc42)C3(C)C)CC1. The lowest BCUT2D eigenvalue weighted by molar-refractivity contribution is -0.151. The Hall–Kier alpha value is -1.92. The normalized spacial score (nSPS) is 26.9. The van der Waals surface area contributed by atoms with E-state index in [9.17, 15) is 9.59 Å². The number of amides is 1. The van der Waals surface area contributed by atoms with Gasteiger partial charge in [0, 0.05) is 19.0 Å². The first-order valence-electron chi connectivity index (χ1n) is 10.7. The maximum atomic E-state index is 14.1. The summed E-state index contributed by atoms with van der Waals surface area (Å²) in [5.74, 6) is -0.0471. The number of esters is 1. The Bertz CT molecular complexity index is 1110. The number of ether oxygens (including phenoxy) is 1. The van der Waals surface area contributed by atoms with E-state index in [1.807, 2.05) is 4.90 Å². The number of likely N-dealkylation sites (tertiary alicyclic amines) is 1. The van der Waals surface area contributed by atoms with Gasteiger partial charge in [0.15, 0.2) is 0 Å². The van der Waals surface area contributed by atoms with Gasteiger partial charge in [0.2, 0.25) is 5.91 Å². The second-order valence-electron chi connectivity index (χ2n) is 9.52. The predicted octanol–water partition coefficient (Wildman–Crippen LogP) is 4.50. The van der Waals surface area contributed by atoms with Crippen LogP contribution in [0.5, 0.6) is 0 Å². The Balaban J connectivity index is 1.56. The monoisotopic (exact) mass is 461 g/mol. The van der Waals surface area contributed by atoms with Crippen molar-refractivity contribution in [1.82, 2.24) is 14.9 Å². The first-order valence-corrected chi connectivity index (χ1v) is 11.5. The lowest BCUT2D eigenvalue weighted by Crippen LogP contribution is -2.53. The van der Waals surface area contributed by atoms with E-state index in [4.69, 9.17) is 37.9 Å². The standard InChI is InChI=1S/C23H25Cl2N3O3/c1-22(2)13-4-7-23(22,21(30)28-8-5-12(6-9-28)20(29)31-3)19-18(13)26-16-10-14(24)15(25)11-17(16)27-19/h10-13H,4-9H2,1-3H3. The minimum Gasteiger partial charge on any atom is -0.469 e. The van der Waals surface area contributed by atoms with Crippen LogP contribution in [0.1, 0.15) is 56.8 Å².